The zero-order chi connectivity index (χ0) is 17.6. The molecule has 0 spiro atoms. The van der Waals surface area contributed by atoms with Gasteiger partial charge in [-0.15, -0.1) is 11.8 Å². The van der Waals surface area contributed by atoms with Crippen LogP contribution in [-0.4, -0.2) is 42.9 Å². The molecule has 1 N–H and O–H groups in total. The third-order valence-electron chi connectivity index (χ3n) is 5.22. The van der Waals surface area contributed by atoms with Crippen LogP contribution in [0.15, 0.2) is 24.3 Å². The predicted molar refractivity (Wildman–Crippen MR) is 98.0 cm³/mol. The molecule has 6 nitrogen and oxygen atoms in total. The molecule has 7 heteroatoms. The summed E-state index contributed by atoms with van der Waals surface area (Å²) >= 11 is 1.71. The number of nitrogens with zero attached hydrogens (tertiary/aromatic N) is 3. The topological polar surface area (TPSA) is 67.2 Å². The maximum Gasteiger partial charge on any atom is 0.244 e. The number of benzene rings is 1. The molecule has 0 bridgehead atoms. The summed E-state index contributed by atoms with van der Waals surface area (Å²) in [5, 5.41) is 3.00. The van der Waals surface area contributed by atoms with Gasteiger partial charge in [-0.3, -0.25) is 9.59 Å². The third-order valence-corrected chi connectivity index (χ3v) is 6.72. The Hall–Kier alpha value is -2.02. The van der Waals surface area contributed by atoms with E-state index in [-0.39, 0.29) is 22.7 Å². The van der Waals surface area contributed by atoms with Crippen LogP contribution in [0.2, 0.25) is 0 Å². The van der Waals surface area contributed by atoms with Gasteiger partial charge in [0, 0.05) is 18.7 Å². The highest BCUT2D eigenvalue weighted by molar-refractivity contribution is 8.01. The number of fused-ring (bicyclic) bond motifs is 2. The molecule has 4 rings (SSSR count). The minimum absolute atomic E-state index is 0.0822. The van der Waals surface area contributed by atoms with Gasteiger partial charge in [0.15, 0.2) is 0 Å². The Morgan fingerprint density at radius 2 is 2.24 bits per heavy atom. The molecule has 132 valence electrons. The van der Waals surface area contributed by atoms with Crippen molar-refractivity contribution in [2.75, 3.05) is 5.75 Å². The van der Waals surface area contributed by atoms with Crippen molar-refractivity contribution in [3.8, 4) is 0 Å². The Kier molecular flexibility index (Phi) is 3.98. The zero-order valence-electron chi connectivity index (χ0n) is 14.5. The van der Waals surface area contributed by atoms with Crippen molar-refractivity contribution in [3.05, 3.63) is 30.1 Å². The lowest BCUT2D eigenvalue weighted by atomic mass is 10.2. The summed E-state index contributed by atoms with van der Waals surface area (Å²) < 4.78 is 2.12. The van der Waals surface area contributed by atoms with E-state index in [1.165, 1.54) is 0 Å². The minimum Gasteiger partial charge on any atom is -0.347 e. The number of aromatic nitrogens is 2. The lowest BCUT2D eigenvalue weighted by Crippen LogP contribution is -2.50. The first-order valence-electron chi connectivity index (χ1n) is 8.71. The number of rotatable bonds is 4. The molecule has 2 amide bonds. The van der Waals surface area contributed by atoms with E-state index in [0.29, 0.717) is 18.7 Å². The number of aryl methyl sites for hydroxylation is 1. The van der Waals surface area contributed by atoms with Crippen LogP contribution >= 0.6 is 11.8 Å². The molecular formula is C18H22N4O2S. The second-order valence-corrected chi connectivity index (χ2v) is 8.25. The molecule has 2 aliphatic heterocycles. The van der Waals surface area contributed by atoms with Gasteiger partial charge >= 0.3 is 0 Å². The molecule has 1 aromatic carbocycles. The van der Waals surface area contributed by atoms with Gasteiger partial charge in [0.1, 0.15) is 11.9 Å². The molecule has 2 fully saturated rings. The zero-order valence-corrected chi connectivity index (χ0v) is 15.3. The van der Waals surface area contributed by atoms with Crippen molar-refractivity contribution >= 4 is 34.6 Å². The lowest BCUT2D eigenvalue weighted by molar-refractivity contribution is -0.138. The average molecular weight is 358 g/mol. The molecule has 0 saturated carbocycles. The van der Waals surface area contributed by atoms with Gasteiger partial charge in [0.2, 0.25) is 11.8 Å². The van der Waals surface area contributed by atoms with Gasteiger partial charge < -0.3 is 14.8 Å². The number of thioether (sulfide) groups is 1. The van der Waals surface area contributed by atoms with Crippen molar-refractivity contribution < 1.29 is 9.59 Å². The number of imidazole rings is 1. The van der Waals surface area contributed by atoms with Crippen molar-refractivity contribution in [2.45, 2.75) is 50.7 Å². The number of nitrogens with one attached hydrogen (secondary N) is 1. The monoisotopic (exact) mass is 358 g/mol. The largest absolute Gasteiger partial charge is 0.347 e. The third kappa shape index (κ3) is 2.61. The summed E-state index contributed by atoms with van der Waals surface area (Å²) in [6.07, 6.45) is 1.37. The number of carbonyl (C=O) groups is 2. The van der Waals surface area contributed by atoms with E-state index in [4.69, 9.17) is 0 Å². The summed E-state index contributed by atoms with van der Waals surface area (Å²) in [5.41, 5.74) is 2.01. The minimum atomic E-state index is -0.371. The normalized spacial score (nSPS) is 25.6. The Bertz CT molecular complexity index is 849. The molecule has 2 atom stereocenters. The van der Waals surface area contributed by atoms with Crippen LogP contribution in [0, 0.1) is 0 Å². The quantitative estimate of drug-likeness (QED) is 0.909. The Morgan fingerprint density at radius 3 is 3.04 bits per heavy atom. The van der Waals surface area contributed by atoms with E-state index in [2.05, 4.69) is 28.7 Å². The van der Waals surface area contributed by atoms with Gasteiger partial charge in [0.25, 0.3) is 0 Å². The fourth-order valence-electron chi connectivity index (χ4n) is 3.91. The molecule has 3 heterocycles. The van der Waals surface area contributed by atoms with E-state index in [1.54, 1.807) is 16.7 Å². The van der Waals surface area contributed by atoms with Crippen LogP contribution in [0.25, 0.3) is 11.0 Å². The SMILES string of the molecule is CCn1c(CNC(=O)C2CSC3(C)CCC(=O)N23)nc2ccccc21. The second kappa shape index (κ2) is 6.05. The van der Waals surface area contributed by atoms with E-state index in [0.717, 1.165) is 29.8 Å². The molecule has 25 heavy (non-hydrogen) atoms. The van der Waals surface area contributed by atoms with Crippen LogP contribution in [-0.2, 0) is 22.7 Å². The van der Waals surface area contributed by atoms with Crippen molar-refractivity contribution in [1.29, 1.82) is 0 Å². The highest BCUT2D eigenvalue weighted by Crippen LogP contribution is 2.47. The number of carbonyl (C=O) groups excluding carboxylic acids is 2. The second-order valence-electron chi connectivity index (χ2n) is 6.74. The Morgan fingerprint density at radius 1 is 1.44 bits per heavy atom. The molecule has 0 radical (unpaired) electrons. The highest BCUT2D eigenvalue weighted by Gasteiger charge is 2.52. The summed E-state index contributed by atoms with van der Waals surface area (Å²) in [6, 6.07) is 7.61. The van der Waals surface area contributed by atoms with Crippen LogP contribution in [0.4, 0.5) is 0 Å². The summed E-state index contributed by atoms with van der Waals surface area (Å²) in [7, 11) is 0. The summed E-state index contributed by atoms with van der Waals surface area (Å²) in [4.78, 5) is 31.1. The van der Waals surface area contributed by atoms with Crippen molar-refractivity contribution in [2.24, 2.45) is 0 Å². The Balaban J connectivity index is 1.50. The van der Waals surface area contributed by atoms with Gasteiger partial charge in [-0.2, -0.15) is 0 Å². The first-order valence-corrected chi connectivity index (χ1v) is 9.70. The van der Waals surface area contributed by atoms with Crippen LogP contribution in [0.1, 0.15) is 32.5 Å². The number of hydrogen-bond donors (Lipinski definition) is 1. The first kappa shape index (κ1) is 16.4. The summed E-state index contributed by atoms with van der Waals surface area (Å²) in [6.45, 7) is 5.31. The molecule has 2 aliphatic rings. The van der Waals surface area contributed by atoms with E-state index in [9.17, 15) is 9.59 Å². The maximum atomic E-state index is 12.7. The summed E-state index contributed by atoms with van der Waals surface area (Å²) in [5.74, 6) is 1.52. The first-order chi connectivity index (χ1) is 12.0. The molecule has 1 aromatic heterocycles. The van der Waals surface area contributed by atoms with Gasteiger partial charge in [-0.1, -0.05) is 12.1 Å². The van der Waals surface area contributed by atoms with Gasteiger partial charge in [0.05, 0.1) is 22.4 Å². The van der Waals surface area contributed by atoms with Gasteiger partial charge in [-0.05, 0) is 32.4 Å². The maximum absolute atomic E-state index is 12.7. The Labute approximate surface area is 151 Å². The molecular weight excluding hydrogens is 336 g/mol. The molecule has 2 aromatic rings. The number of hydrogen-bond acceptors (Lipinski definition) is 4. The smallest absolute Gasteiger partial charge is 0.244 e. The molecule has 2 saturated heterocycles. The lowest BCUT2D eigenvalue weighted by Gasteiger charge is -2.29. The molecule has 2 unspecified atom stereocenters. The van der Waals surface area contributed by atoms with E-state index in [1.807, 2.05) is 24.3 Å². The fourth-order valence-corrected chi connectivity index (χ4v) is 5.34. The van der Waals surface area contributed by atoms with Crippen LogP contribution in [0.5, 0.6) is 0 Å². The van der Waals surface area contributed by atoms with E-state index >= 15 is 0 Å². The van der Waals surface area contributed by atoms with Crippen molar-refractivity contribution in [1.82, 2.24) is 19.8 Å². The van der Waals surface area contributed by atoms with Gasteiger partial charge in [-0.25, -0.2) is 4.98 Å². The molecule has 0 aliphatic carbocycles. The standard InChI is InChI=1S/C18H22N4O2S/c1-3-21-13-7-5-4-6-12(13)20-15(21)10-19-17(24)14-11-25-18(2)9-8-16(23)22(14)18/h4-7,14H,3,8-11H2,1-2H3,(H,19,24). The van der Waals surface area contributed by atoms with E-state index < -0.39 is 0 Å². The predicted octanol–water partition coefficient (Wildman–Crippen LogP) is 2.13. The average Bonchev–Trinajstić information content (AvgIpc) is 3.23. The highest BCUT2D eigenvalue weighted by atomic mass is 32.2. The van der Waals surface area contributed by atoms with Crippen molar-refractivity contribution in [3.63, 3.8) is 0 Å². The number of amides is 2. The van der Waals surface area contributed by atoms with Crippen LogP contribution in [0.3, 0.4) is 0 Å². The van der Waals surface area contributed by atoms with Crippen LogP contribution < -0.4 is 5.32 Å². The number of para-hydroxylation sites is 2. The fraction of sp³-hybridized carbons (Fsp3) is 0.500.